The van der Waals surface area contributed by atoms with Crippen LogP contribution in [0.5, 0.6) is 5.75 Å². The van der Waals surface area contributed by atoms with Crippen LogP contribution in [0.15, 0.2) is 52.3 Å². The Bertz CT molecular complexity index is 534. The van der Waals surface area contributed by atoms with E-state index in [0.717, 1.165) is 12.2 Å². The molecule has 2 aromatic rings. The van der Waals surface area contributed by atoms with Gasteiger partial charge in [-0.15, -0.1) is 0 Å². The number of hydrogen-bond donors (Lipinski definition) is 0. The molecule has 3 rings (SSSR count). The summed E-state index contributed by atoms with van der Waals surface area (Å²) in [5.74, 6) is 0.943. The number of rotatable bonds is 1. The molecule has 1 aliphatic rings. The first kappa shape index (κ1) is 9.79. The number of ether oxygens (including phenoxy) is 1. The molecule has 0 unspecified atom stereocenters. The van der Waals surface area contributed by atoms with E-state index in [4.69, 9.17) is 4.74 Å². The van der Waals surface area contributed by atoms with Gasteiger partial charge >= 0.3 is 0 Å². The van der Waals surface area contributed by atoms with E-state index in [-0.39, 0.29) is 0 Å². The molecule has 2 heteroatoms. The molecule has 0 radical (unpaired) electrons. The van der Waals surface area contributed by atoms with Crippen LogP contribution < -0.4 is 4.74 Å². The van der Waals surface area contributed by atoms with E-state index in [9.17, 15) is 0 Å². The number of hydrogen-bond acceptors (Lipinski definition) is 2. The molecule has 0 aromatic heterocycles. The van der Waals surface area contributed by atoms with Crippen LogP contribution in [0.3, 0.4) is 0 Å². The lowest BCUT2D eigenvalue weighted by atomic mass is 10.0. The summed E-state index contributed by atoms with van der Waals surface area (Å²) in [6, 6.07) is 14.9. The Hall–Kier alpha value is -1.41. The lowest BCUT2D eigenvalue weighted by Gasteiger charge is -2.19. The van der Waals surface area contributed by atoms with Gasteiger partial charge < -0.3 is 4.74 Å². The average Bonchev–Trinajstić information content (AvgIpc) is 2.35. The summed E-state index contributed by atoms with van der Waals surface area (Å²) in [5, 5.41) is 0. The molecule has 0 amide bonds. The van der Waals surface area contributed by atoms with Crippen molar-refractivity contribution < 1.29 is 4.74 Å². The molecule has 0 saturated heterocycles. The van der Waals surface area contributed by atoms with Crippen LogP contribution in [0.2, 0.25) is 0 Å². The zero-order chi connectivity index (χ0) is 11.0. The highest BCUT2D eigenvalue weighted by Crippen LogP contribution is 2.40. The molecule has 0 N–H and O–H groups in total. The fourth-order valence-corrected chi connectivity index (χ4v) is 3.05. The summed E-state index contributed by atoms with van der Waals surface area (Å²) in [7, 11) is 1.71. The molecule has 1 aliphatic heterocycles. The Kier molecular flexibility index (Phi) is 2.37. The monoisotopic (exact) mass is 228 g/mol. The molecule has 0 saturated carbocycles. The van der Waals surface area contributed by atoms with Crippen LogP contribution >= 0.6 is 11.8 Å². The van der Waals surface area contributed by atoms with Crippen LogP contribution in [-0.2, 0) is 6.42 Å². The van der Waals surface area contributed by atoms with Crippen LogP contribution in [0.4, 0.5) is 0 Å². The van der Waals surface area contributed by atoms with Crippen molar-refractivity contribution in [1.82, 2.24) is 0 Å². The molecule has 0 fully saturated rings. The standard InChI is InChI=1S/C14H12OS/c1-15-12-6-7-14-11(9-12)8-10-4-2-3-5-13(10)16-14/h2-7,9H,8H2,1H3. The fraction of sp³-hybridized carbons (Fsp3) is 0.143. The molecule has 0 aliphatic carbocycles. The lowest BCUT2D eigenvalue weighted by molar-refractivity contribution is 0.414. The maximum Gasteiger partial charge on any atom is 0.119 e. The molecular formula is C14H12OS. The van der Waals surface area contributed by atoms with Gasteiger partial charge in [0, 0.05) is 9.79 Å². The highest BCUT2D eigenvalue weighted by molar-refractivity contribution is 7.99. The first-order chi connectivity index (χ1) is 7.86. The Morgan fingerprint density at radius 1 is 1.00 bits per heavy atom. The second-order valence-electron chi connectivity index (χ2n) is 3.86. The second kappa shape index (κ2) is 3.87. The molecule has 80 valence electrons. The highest BCUT2D eigenvalue weighted by atomic mass is 32.2. The SMILES string of the molecule is COc1ccc2c(c1)Cc1ccccc1S2. The lowest BCUT2D eigenvalue weighted by Crippen LogP contribution is -1.99. The predicted molar refractivity (Wildman–Crippen MR) is 66.4 cm³/mol. The van der Waals surface area contributed by atoms with Crippen molar-refractivity contribution in [2.45, 2.75) is 16.2 Å². The Morgan fingerprint density at radius 3 is 2.69 bits per heavy atom. The maximum atomic E-state index is 5.26. The first-order valence-electron chi connectivity index (χ1n) is 5.29. The first-order valence-corrected chi connectivity index (χ1v) is 6.11. The summed E-state index contributed by atoms with van der Waals surface area (Å²) in [5.41, 5.74) is 2.77. The van der Waals surface area contributed by atoms with E-state index in [2.05, 4.69) is 36.4 Å². The maximum absolute atomic E-state index is 5.26. The minimum atomic E-state index is 0.943. The van der Waals surface area contributed by atoms with Crippen molar-refractivity contribution in [3.63, 3.8) is 0 Å². The Morgan fingerprint density at radius 2 is 1.81 bits per heavy atom. The van der Waals surface area contributed by atoms with Crippen LogP contribution in [0.25, 0.3) is 0 Å². The average molecular weight is 228 g/mol. The van der Waals surface area contributed by atoms with Crippen LogP contribution in [0, 0.1) is 0 Å². The van der Waals surface area contributed by atoms with E-state index < -0.39 is 0 Å². The predicted octanol–water partition coefficient (Wildman–Crippen LogP) is 3.75. The Balaban J connectivity index is 2.05. The van der Waals surface area contributed by atoms with Gasteiger partial charge in [0.05, 0.1) is 7.11 Å². The third-order valence-corrected chi connectivity index (χ3v) is 4.08. The quantitative estimate of drug-likeness (QED) is 0.627. The Labute approximate surface area is 99.4 Å². The van der Waals surface area contributed by atoms with E-state index in [1.807, 2.05) is 17.8 Å². The zero-order valence-corrected chi connectivity index (χ0v) is 9.88. The largest absolute Gasteiger partial charge is 0.497 e. The minimum Gasteiger partial charge on any atom is -0.497 e. The smallest absolute Gasteiger partial charge is 0.119 e. The summed E-state index contributed by atoms with van der Waals surface area (Å²) < 4.78 is 5.26. The summed E-state index contributed by atoms with van der Waals surface area (Å²) >= 11 is 1.85. The second-order valence-corrected chi connectivity index (χ2v) is 4.94. The fourth-order valence-electron chi connectivity index (χ4n) is 1.99. The molecule has 0 bridgehead atoms. The summed E-state index contributed by atoms with van der Waals surface area (Å²) in [6.07, 6.45) is 1.01. The van der Waals surface area contributed by atoms with Gasteiger partial charge in [0.25, 0.3) is 0 Å². The molecule has 2 aromatic carbocycles. The zero-order valence-electron chi connectivity index (χ0n) is 9.07. The van der Waals surface area contributed by atoms with Gasteiger partial charge in [0.2, 0.25) is 0 Å². The van der Waals surface area contributed by atoms with E-state index in [0.29, 0.717) is 0 Å². The number of methoxy groups -OCH3 is 1. The van der Waals surface area contributed by atoms with Crippen molar-refractivity contribution in [1.29, 1.82) is 0 Å². The highest BCUT2D eigenvalue weighted by Gasteiger charge is 2.15. The third kappa shape index (κ3) is 1.59. The summed E-state index contributed by atoms with van der Waals surface area (Å²) in [4.78, 5) is 2.72. The molecule has 16 heavy (non-hydrogen) atoms. The van der Waals surface area contributed by atoms with E-state index >= 15 is 0 Å². The molecular weight excluding hydrogens is 216 g/mol. The van der Waals surface area contributed by atoms with Gasteiger partial charge in [-0.05, 0) is 41.8 Å². The van der Waals surface area contributed by atoms with Crippen molar-refractivity contribution in [2.24, 2.45) is 0 Å². The normalized spacial score (nSPS) is 12.8. The van der Waals surface area contributed by atoms with Crippen molar-refractivity contribution in [3.05, 3.63) is 53.6 Å². The number of benzene rings is 2. The molecule has 1 nitrogen and oxygen atoms in total. The molecule has 1 heterocycles. The summed E-state index contributed by atoms with van der Waals surface area (Å²) in [6.45, 7) is 0. The van der Waals surface area contributed by atoms with Crippen molar-refractivity contribution in [3.8, 4) is 5.75 Å². The van der Waals surface area contributed by atoms with Gasteiger partial charge in [-0.3, -0.25) is 0 Å². The van der Waals surface area contributed by atoms with Gasteiger partial charge in [0.15, 0.2) is 0 Å². The van der Waals surface area contributed by atoms with E-state index in [1.54, 1.807) is 7.11 Å². The molecule has 0 atom stereocenters. The topological polar surface area (TPSA) is 9.23 Å². The van der Waals surface area contributed by atoms with Gasteiger partial charge in [-0.1, -0.05) is 30.0 Å². The van der Waals surface area contributed by atoms with Crippen molar-refractivity contribution in [2.75, 3.05) is 7.11 Å². The van der Waals surface area contributed by atoms with E-state index in [1.165, 1.54) is 20.9 Å². The number of fused-ring (bicyclic) bond motifs is 2. The molecule has 0 spiro atoms. The van der Waals surface area contributed by atoms with Gasteiger partial charge in [-0.2, -0.15) is 0 Å². The van der Waals surface area contributed by atoms with Crippen molar-refractivity contribution >= 4 is 11.8 Å². The minimum absolute atomic E-state index is 0.943. The van der Waals surface area contributed by atoms with Crippen LogP contribution in [0.1, 0.15) is 11.1 Å². The van der Waals surface area contributed by atoms with Gasteiger partial charge in [0.1, 0.15) is 5.75 Å². The van der Waals surface area contributed by atoms with Gasteiger partial charge in [-0.25, -0.2) is 0 Å². The third-order valence-electron chi connectivity index (χ3n) is 2.84. The van der Waals surface area contributed by atoms with Crippen LogP contribution in [-0.4, -0.2) is 7.11 Å².